The highest BCUT2D eigenvalue weighted by Crippen LogP contribution is 2.26. The van der Waals surface area contributed by atoms with E-state index in [2.05, 4.69) is 4.74 Å². The first-order chi connectivity index (χ1) is 11.9. The molecule has 0 saturated carbocycles. The van der Waals surface area contributed by atoms with Crippen LogP contribution >= 0.6 is 0 Å². The molecule has 0 radical (unpaired) electrons. The molecule has 0 aliphatic carbocycles. The molecule has 0 spiro atoms. The van der Waals surface area contributed by atoms with Gasteiger partial charge >= 0.3 is 11.9 Å². The molecule has 0 aliphatic heterocycles. The lowest BCUT2D eigenvalue weighted by molar-refractivity contribution is -0.131. The van der Waals surface area contributed by atoms with Crippen molar-refractivity contribution in [3.63, 3.8) is 0 Å². The maximum absolute atomic E-state index is 10.8. The Bertz CT molecular complexity index is 749. The van der Waals surface area contributed by atoms with E-state index in [0.717, 1.165) is 6.08 Å². The Kier molecular flexibility index (Phi) is 7.52. The second-order valence-corrected chi connectivity index (χ2v) is 4.64. The Morgan fingerprint density at radius 1 is 1.00 bits per heavy atom. The number of phenols is 2. The summed E-state index contributed by atoms with van der Waals surface area (Å²) < 4.78 is 9.32. The van der Waals surface area contributed by atoms with Gasteiger partial charge in [0.25, 0.3) is 0 Å². The van der Waals surface area contributed by atoms with E-state index in [1.807, 2.05) is 0 Å². The Morgan fingerprint density at radius 2 is 1.64 bits per heavy atom. The van der Waals surface area contributed by atoms with Gasteiger partial charge in [0.2, 0.25) is 0 Å². The molecule has 0 aliphatic rings. The van der Waals surface area contributed by atoms with Crippen LogP contribution in [0.25, 0.3) is 6.08 Å². The topological polar surface area (TPSA) is 113 Å². The number of benzene rings is 2. The van der Waals surface area contributed by atoms with Crippen molar-refractivity contribution < 1.29 is 34.4 Å². The summed E-state index contributed by atoms with van der Waals surface area (Å²) in [5, 5.41) is 26.5. The summed E-state index contributed by atoms with van der Waals surface area (Å²) in [5.41, 5.74) is 1.09. The van der Waals surface area contributed by atoms with Crippen molar-refractivity contribution in [3.8, 4) is 17.2 Å². The average Bonchev–Trinajstić information content (AvgIpc) is 2.61. The molecular formula is C18H18O7. The smallest absolute Gasteiger partial charge is 0.337 e. The number of carbonyl (C=O) groups excluding carboxylic acids is 1. The summed E-state index contributed by atoms with van der Waals surface area (Å²) >= 11 is 0. The molecule has 2 aromatic rings. The van der Waals surface area contributed by atoms with Crippen LogP contribution in [0.5, 0.6) is 17.2 Å². The summed E-state index contributed by atoms with van der Waals surface area (Å²) in [5.74, 6) is -0.933. The number of phenolic OH excluding ortho intramolecular Hbond substituents is 2. The standard InChI is InChI=1S/C10H10O4.C8H8O3/c1-14-9-6-7(2-4-8(9)11)3-5-10(12)13;1-11-8(10)6-2-4-7(9)5-3-6/h2-6,11H,1H3,(H,12,13);2-5,9H,1H3/b5-3+;. The fourth-order valence-corrected chi connectivity index (χ4v) is 1.68. The van der Waals surface area contributed by atoms with E-state index in [9.17, 15) is 14.7 Å². The third-order valence-corrected chi connectivity index (χ3v) is 2.91. The zero-order valence-electron chi connectivity index (χ0n) is 13.7. The zero-order valence-corrected chi connectivity index (χ0v) is 13.7. The number of aromatic hydroxyl groups is 2. The lowest BCUT2D eigenvalue weighted by Gasteiger charge is -2.03. The Morgan fingerprint density at radius 3 is 2.16 bits per heavy atom. The molecular weight excluding hydrogens is 328 g/mol. The van der Waals surface area contributed by atoms with Gasteiger partial charge < -0.3 is 24.8 Å². The lowest BCUT2D eigenvalue weighted by atomic mass is 10.2. The number of rotatable bonds is 4. The van der Waals surface area contributed by atoms with Crippen LogP contribution in [-0.2, 0) is 9.53 Å². The van der Waals surface area contributed by atoms with Gasteiger partial charge in [0.1, 0.15) is 5.75 Å². The van der Waals surface area contributed by atoms with Crippen molar-refractivity contribution >= 4 is 18.0 Å². The van der Waals surface area contributed by atoms with E-state index < -0.39 is 11.9 Å². The zero-order chi connectivity index (χ0) is 18.8. The van der Waals surface area contributed by atoms with Crippen LogP contribution in [0.3, 0.4) is 0 Å². The Labute approximate surface area is 144 Å². The molecule has 3 N–H and O–H groups in total. The van der Waals surface area contributed by atoms with Gasteiger partial charge in [0, 0.05) is 6.08 Å². The van der Waals surface area contributed by atoms with Crippen molar-refractivity contribution in [2.75, 3.05) is 14.2 Å². The fraction of sp³-hybridized carbons (Fsp3) is 0.111. The van der Waals surface area contributed by atoms with Crippen molar-refractivity contribution in [2.24, 2.45) is 0 Å². The number of carbonyl (C=O) groups is 2. The summed E-state index contributed by atoms with van der Waals surface area (Å²) in [4.78, 5) is 21.0. The Hall–Kier alpha value is -3.48. The van der Waals surface area contributed by atoms with Gasteiger partial charge in [-0.3, -0.25) is 0 Å². The quantitative estimate of drug-likeness (QED) is 0.576. The SMILES string of the molecule is COC(=O)c1ccc(O)cc1.COc1cc(/C=C/C(=O)O)ccc1O. The third-order valence-electron chi connectivity index (χ3n) is 2.91. The second kappa shape index (κ2) is 9.61. The van der Waals surface area contributed by atoms with E-state index in [4.69, 9.17) is 14.9 Å². The number of methoxy groups -OCH3 is 2. The molecule has 25 heavy (non-hydrogen) atoms. The number of carboxylic acids is 1. The molecule has 132 valence electrons. The molecule has 0 bridgehead atoms. The molecule has 2 aromatic carbocycles. The molecule has 7 nitrogen and oxygen atoms in total. The van der Waals surface area contributed by atoms with E-state index in [0.29, 0.717) is 16.9 Å². The summed E-state index contributed by atoms with van der Waals surface area (Å²) in [6, 6.07) is 10.5. The van der Waals surface area contributed by atoms with E-state index >= 15 is 0 Å². The van der Waals surface area contributed by atoms with Crippen LogP contribution in [0.2, 0.25) is 0 Å². The minimum atomic E-state index is -1.02. The first-order valence-electron chi connectivity index (χ1n) is 7.02. The monoisotopic (exact) mass is 346 g/mol. The van der Waals surface area contributed by atoms with Gasteiger partial charge in [-0.1, -0.05) is 6.07 Å². The van der Waals surface area contributed by atoms with E-state index in [-0.39, 0.29) is 11.5 Å². The van der Waals surface area contributed by atoms with Gasteiger partial charge in [0.05, 0.1) is 19.8 Å². The normalized spacial score (nSPS) is 9.84. The van der Waals surface area contributed by atoms with Crippen molar-refractivity contribution in [1.82, 2.24) is 0 Å². The number of carboxylic acid groups (broad SMARTS) is 1. The average molecular weight is 346 g/mol. The minimum absolute atomic E-state index is 0.0278. The van der Waals surface area contributed by atoms with Crippen LogP contribution in [0.15, 0.2) is 48.5 Å². The maximum Gasteiger partial charge on any atom is 0.337 e. The number of hydrogen-bond donors (Lipinski definition) is 3. The van der Waals surface area contributed by atoms with Crippen LogP contribution < -0.4 is 4.74 Å². The first kappa shape index (κ1) is 19.6. The van der Waals surface area contributed by atoms with Crippen molar-refractivity contribution in [3.05, 3.63) is 59.7 Å². The molecule has 0 heterocycles. The highest BCUT2D eigenvalue weighted by Gasteiger charge is 2.02. The molecule has 0 amide bonds. The van der Waals surface area contributed by atoms with Gasteiger partial charge in [-0.25, -0.2) is 9.59 Å². The van der Waals surface area contributed by atoms with Crippen molar-refractivity contribution in [2.45, 2.75) is 0 Å². The predicted molar refractivity (Wildman–Crippen MR) is 90.8 cm³/mol. The molecule has 2 rings (SSSR count). The van der Waals surface area contributed by atoms with Crippen LogP contribution in [0.1, 0.15) is 15.9 Å². The number of aliphatic carboxylic acids is 1. The van der Waals surface area contributed by atoms with Crippen molar-refractivity contribution in [1.29, 1.82) is 0 Å². The van der Waals surface area contributed by atoms with Gasteiger partial charge in [0.15, 0.2) is 11.5 Å². The van der Waals surface area contributed by atoms with Crippen LogP contribution in [0.4, 0.5) is 0 Å². The summed E-state index contributed by atoms with van der Waals surface area (Å²) in [7, 11) is 2.74. The third kappa shape index (κ3) is 6.66. The minimum Gasteiger partial charge on any atom is -0.508 e. The van der Waals surface area contributed by atoms with E-state index in [1.165, 1.54) is 50.6 Å². The molecule has 0 aromatic heterocycles. The molecule has 0 fully saturated rings. The molecule has 0 atom stereocenters. The highest BCUT2D eigenvalue weighted by molar-refractivity contribution is 5.89. The maximum atomic E-state index is 10.8. The largest absolute Gasteiger partial charge is 0.508 e. The molecule has 7 heteroatoms. The summed E-state index contributed by atoms with van der Waals surface area (Å²) in [6.45, 7) is 0. The predicted octanol–water partition coefficient (Wildman–Crippen LogP) is 2.68. The lowest BCUT2D eigenvalue weighted by Crippen LogP contribution is -1.99. The number of hydrogen-bond acceptors (Lipinski definition) is 6. The van der Waals surface area contributed by atoms with Crippen LogP contribution in [0, 0.1) is 0 Å². The number of esters is 1. The summed E-state index contributed by atoms with van der Waals surface area (Å²) in [6.07, 6.45) is 2.44. The molecule has 0 saturated heterocycles. The van der Waals surface area contributed by atoms with Crippen LogP contribution in [-0.4, -0.2) is 41.5 Å². The fourth-order valence-electron chi connectivity index (χ4n) is 1.68. The van der Waals surface area contributed by atoms with Gasteiger partial charge in [-0.2, -0.15) is 0 Å². The number of ether oxygens (including phenoxy) is 2. The first-order valence-corrected chi connectivity index (χ1v) is 7.02. The van der Waals surface area contributed by atoms with Gasteiger partial charge in [-0.05, 0) is 48.0 Å². The highest BCUT2D eigenvalue weighted by atomic mass is 16.5. The molecule has 0 unspecified atom stereocenters. The van der Waals surface area contributed by atoms with E-state index in [1.54, 1.807) is 12.1 Å². The second-order valence-electron chi connectivity index (χ2n) is 4.64. The van der Waals surface area contributed by atoms with Gasteiger partial charge in [-0.15, -0.1) is 0 Å². The Balaban J connectivity index is 0.000000257.